The monoisotopic (exact) mass is 292 g/mol. The van der Waals surface area contributed by atoms with Crippen molar-refractivity contribution in [2.24, 2.45) is 28.6 Å². The van der Waals surface area contributed by atoms with Crippen LogP contribution in [0.2, 0.25) is 0 Å². The summed E-state index contributed by atoms with van der Waals surface area (Å²) < 4.78 is 6.00. The van der Waals surface area contributed by atoms with E-state index in [2.05, 4.69) is 13.8 Å². The topological polar surface area (TPSA) is 26.3 Å². The maximum Gasteiger partial charge on any atom is 0.128 e. The van der Waals surface area contributed by atoms with E-state index in [1.165, 1.54) is 44.9 Å². The van der Waals surface area contributed by atoms with Crippen molar-refractivity contribution >= 4 is 6.29 Å². The molecule has 3 rings (SSSR count). The van der Waals surface area contributed by atoms with Crippen LogP contribution in [0.25, 0.3) is 0 Å². The third kappa shape index (κ3) is 3.21. The molecule has 0 spiro atoms. The van der Waals surface area contributed by atoms with Crippen molar-refractivity contribution in [1.29, 1.82) is 0 Å². The van der Waals surface area contributed by atoms with Gasteiger partial charge in [0, 0.05) is 5.41 Å². The summed E-state index contributed by atoms with van der Waals surface area (Å²) in [7, 11) is 0. The lowest BCUT2D eigenvalue weighted by molar-refractivity contribution is -0.126. The van der Waals surface area contributed by atoms with Crippen molar-refractivity contribution in [3.8, 4) is 0 Å². The van der Waals surface area contributed by atoms with E-state index < -0.39 is 0 Å². The molecule has 120 valence electrons. The summed E-state index contributed by atoms with van der Waals surface area (Å²) in [6, 6.07) is 0. The van der Waals surface area contributed by atoms with Gasteiger partial charge in [0.1, 0.15) is 6.29 Å². The van der Waals surface area contributed by atoms with Crippen LogP contribution in [-0.4, -0.2) is 19.5 Å². The molecule has 3 saturated carbocycles. The summed E-state index contributed by atoms with van der Waals surface area (Å²) in [6.07, 6.45) is 13.0. The Morgan fingerprint density at radius 1 is 1.14 bits per heavy atom. The minimum Gasteiger partial charge on any atom is -0.380 e. The number of hydrogen-bond acceptors (Lipinski definition) is 2. The minimum absolute atomic E-state index is 0.115. The van der Waals surface area contributed by atoms with Gasteiger partial charge in [-0.25, -0.2) is 0 Å². The first-order chi connectivity index (χ1) is 10.1. The zero-order valence-electron chi connectivity index (χ0n) is 13.9. The molecule has 2 nitrogen and oxygen atoms in total. The fourth-order valence-electron chi connectivity index (χ4n) is 4.83. The first kappa shape index (κ1) is 15.5. The number of rotatable bonds is 7. The molecule has 0 aromatic carbocycles. The van der Waals surface area contributed by atoms with Crippen molar-refractivity contribution in [3.63, 3.8) is 0 Å². The van der Waals surface area contributed by atoms with Gasteiger partial charge in [-0.05, 0) is 42.4 Å². The second-order valence-electron chi connectivity index (χ2n) is 8.55. The first-order valence-electron chi connectivity index (χ1n) is 9.13. The Hall–Kier alpha value is -0.370. The summed E-state index contributed by atoms with van der Waals surface area (Å²) >= 11 is 0. The van der Waals surface area contributed by atoms with E-state index in [0.29, 0.717) is 12.0 Å². The van der Waals surface area contributed by atoms with E-state index >= 15 is 0 Å². The molecule has 0 radical (unpaired) electrons. The molecule has 0 saturated heterocycles. The van der Waals surface area contributed by atoms with Crippen molar-refractivity contribution in [2.75, 3.05) is 13.2 Å². The van der Waals surface area contributed by atoms with Crippen LogP contribution in [0.1, 0.15) is 71.6 Å². The molecule has 21 heavy (non-hydrogen) atoms. The second-order valence-corrected chi connectivity index (χ2v) is 8.55. The Balaban J connectivity index is 1.43. The lowest BCUT2D eigenvalue weighted by Gasteiger charge is -2.36. The Kier molecular flexibility index (Phi) is 4.45. The van der Waals surface area contributed by atoms with Gasteiger partial charge < -0.3 is 9.53 Å². The van der Waals surface area contributed by atoms with Crippen LogP contribution in [0, 0.1) is 28.6 Å². The second kappa shape index (κ2) is 6.02. The molecule has 0 unspecified atom stereocenters. The summed E-state index contributed by atoms with van der Waals surface area (Å²) in [6.45, 7) is 6.40. The standard InChI is InChI=1S/C19H32O2/c1-15(16-7-4-3-5-8-16)17-11-18(17,2)13-21-14-19(12-20)9-6-10-19/h12,15-17H,3-11,13-14H2,1-2H3/t15-,17-,18-/m0/s1. The van der Waals surface area contributed by atoms with E-state index in [9.17, 15) is 4.79 Å². The third-order valence-corrected chi connectivity index (χ3v) is 6.87. The molecular formula is C19H32O2. The Labute approximate surface area is 130 Å². The lowest BCUT2D eigenvalue weighted by Crippen LogP contribution is -2.36. The van der Waals surface area contributed by atoms with E-state index in [1.54, 1.807) is 0 Å². The summed E-state index contributed by atoms with van der Waals surface area (Å²) in [4.78, 5) is 11.2. The number of hydrogen-bond donors (Lipinski definition) is 0. The van der Waals surface area contributed by atoms with Crippen molar-refractivity contribution in [3.05, 3.63) is 0 Å². The molecule has 0 heterocycles. The predicted molar refractivity (Wildman–Crippen MR) is 85.1 cm³/mol. The zero-order chi connectivity index (χ0) is 14.9. The maximum absolute atomic E-state index is 11.2. The van der Waals surface area contributed by atoms with Crippen molar-refractivity contribution in [2.45, 2.75) is 71.6 Å². The number of carbonyl (C=O) groups excluding carboxylic acids is 1. The number of ether oxygens (including phenoxy) is 1. The average molecular weight is 292 g/mol. The highest BCUT2D eigenvalue weighted by molar-refractivity contribution is 5.61. The zero-order valence-corrected chi connectivity index (χ0v) is 13.9. The Morgan fingerprint density at radius 3 is 2.43 bits per heavy atom. The van der Waals surface area contributed by atoms with E-state index in [1.807, 2.05) is 0 Å². The first-order valence-corrected chi connectivity index (χ1v) is 9.13. The van der Waals surface area contributed by atoms with Crippen LogP contribution < -0.4 is 0 Å². The number of carbonyl (C=O) groups is 1. The Bertz CT molecular complexity index is 368. The van der Waals surface area contributed by atoms with Gasteiger partial charge in [0.05, 0.1) is 13.2 Å². The SMILES string of the molecule is C[C@@H](C1CCCCC1)[C@@H]1C[C@@]1(C)COCC1(C=O)CCC1. The lowest BCUT2D eigenvalue weighted by atomic mass is 9.71. The summed E-state index contributed by atoms with van der Waals surface area (Å²) in [5, 5.41) is 0. The highest BCUT2D eigenvalue weighted by Gasteiger charge is 2.54. The maximum atomic E-state index is 11.2. The van der Waals surface area contributed by atoms with Crippen LogP contribution >= 0.6 is 0 Å². The van der Waals surface area contributed by atoms with Gasteiger partial charge in [-0.3, -0.25) is 0 Å². The molecule has 3 aliphatic carbocycles. The van der Waals surface area contributed by atoms with E-state index in [-0.39, 0.29) is 5.41 Å². The molecule has 3 aliphatic rings. The highest BCUT2D eigenvalue weighted by Crippen LogP contribution is 2.59. The van der Waals surface area contributed by atoms with Crippen molar-refractivity contribution < 1.29 is 9.53 Å². The van der Waals surface area contributed by atoms with Crippen molar-refractivity contribution in [1.82, 2.24) is 0 Å². The van der Waals surface area contributed by atoms with Gasteiger partial charge in [-0.1, -0.05) is 52.4 Å². The van der Waals surface area contributed by atoms with Crippen LogP contribution in [0.5, 0.6) is 0 Å². The normalized spacial score (nSPS) is 36.8. The minimum atomic E-state index is -0.115. The van der Waals surface area contributed by atoms with Gasteiger partial charge >= 0.3 is 0 Å². The van der Waals surface area contributed by atoms with E-state index in [4.69, 9.17) is 4.74 Å². The van der Waals surface area contributed by atoms with Gasteiger partial charge in [-0.15, -0.1) is 0 Å². The molecule has 0 amide bonds. The van der Waals surface area contributed by atoms with Gasteiger partial charge in [0.2, 0.25) is 0 Å². The molecular weight excluding hydrogens is 260 g/mol. The van der Waals surface area contributed by atoms with Gasteiger partial charge in [0.15, 0.2) is 0 Å². The molecule has 0 aromatic heterocycles. The fourth-order valence-corrected chi connectivity index (χ4v) is 4.83. The largest absolute Gasteiger partial charge is 0.380 e. The van der Waals surface area contributed by atoms with Crippen LogP contribution in [0.4, 0.5) is 0 Å². The van der Waals surface area contributed by atoms with E-state index in [0.717, 1.165) is 43.5 Å². The van der Waals surface area contributed by atoms with Gasteiger partial charge in [-0.2, -0.15) is 0 Å². The summed E-state index contributed by atoms with van der Waals surface area (Å²) in [5.41, 5.74) is 0.278. The number of aldehydes is 1. The molecule has 2 heteroatoms. The smallest absolute Gasteiger partial charge is 0.128 e. The molecule has 0 aromatic rings. The molecule has 0 bridgehead atoms. The molecule has 0 N–H and O–H groups in total. The fraction of sp³-hybridized carbons (Fsp3) is 0.947. The third-order valence-electron chi connectivity index (χ3n) is 6.87. The highest BCUT2D eigenvalue weighted by atomic mass is 16.5. The summed E-state index contributed by atoms with van der Waals surface area (Å²) in [5.74, 6) is 2.68. The Morgan fingerprint density at radius 2 is 1.86 bits per heavy atom. The molecule has 0 aliphatic heterocycles. The quantitative estimate of drug-likeness (QED) is 0.640. The molecule has 3 fully saturated rings. The van der Waals surface area contributed by atoms with Gasteiger partial charge in [0.25, 0.3) is 0 Å². The predicted octanol–water partition coefficient (Wildman–Crippen LogP) is 4.61. The van der Waals surface area contributed by atoms with Crippen LogP contribution in [-0.2, 0) is 9.53 Å². The average Bonchev–Trinajstić information content (AvgIpc) is 3.14. The molecule has 3 atom stereocenters. The van der Waals surface area contributed by atoms with Crippen LogP contribution in [0.3, 0.4) is 0 Å². The van der Waals surface area contributed by atoms with Crippen LogP contribution in [0.15, 0.2) is 0 Å².